The van der Waals surface area contributed by atoms with Gasteiger partial charge in [-0.3, -0.25) is 9.78 Å². The van der Waals surface area contributed by atoms with Gasteiger partial charge >= 0.3 is 0 Å². The van der Waals surface area contributed by atoms with Gasteiger partial charge in [0.1, 0.15) is 5.69 Å². The SMILES string of the molecule is Cc1ccc2c(c1)CCN2C(=O)c1ccccn1. The summed E-state index contributed by atoms with van der Waals surface area (Å²) in [6.45, 7) is 2.82. The molecule has 3 heteroatoms. The molecule has 0 radical (unpaired) electrons. The Morgan fingerprint density at radius 2 is 2.17 bits per heavy atom. The van der Waals surface area contributed by atoms with Crippen molar-refractivity contribution in [1.29, 1.82) is 0 Å². The van der Waals surface area contributed by atoms with Crippen LogP contribution in [0.25, 0.3) is 0 Å². The minimum atomic E-state index is -0.0156. The van der Waals surface area contributed by atoms with Crippen LogP contribution < -0.4 is 4.90 Å². The van der Waals surface area contributed by atoms with Crippen molar-refractivity contribution < 1.29 is 4.79 Å². The summed E-state index contributed by atoms with van der Waals surface area (Å²) < 4.78 is 0. The first-order valence-electron chi connectivity index (χ1n) is 6.08. The number of fused-ring (bicyclic) bond motifs is 1. The molecule has 0 unspecified atom stereocenters. The van der Waals surface area contributed by atoms with Crippen LogP contribution >= 0.6 is 0 Å². The monoisotopic (exact) mass is 238 g/mol. The maximum absolute atomic E-state index is 12.4. The van der Waals surface area contributed by atoms with Gasteiger partial charge in [-0.05, 0) is 37.1 Å². The molecule has 2 aromatic rings. The molecule has 1 aromatic carbocycles. The number of rotatable bonds is 1. The zero-order valence-electron chi connectivity index (χ0n) is 10.3. The van der Waals surface area contributed by atoms with Gasteiger partial charge in [0.2, 0.25) is 0 Å². The second kappa shape index (κ2) is 4.26. The second-order valence-corrected chi connectivity index (χ2v) is 4.55. The molecule has 0 aliphatic carbocycles. The zero-order valence-corrected chi connectivity index (χ0v) is 10.3. The van der Waals surface area contributed by atoms with Crippen molar-refractivity contribution in [2.75, 3.05) is 11.4 Å². The summed E-state index contributed by atoms with van der Waals surface area (Å²) in [7, 11) is 0. The van der Waals surface area contributed by atoms with E-state index in [4.69, 9.17) is 0 Å². The van der Waals surface area contributed by atoms with Gasteiger partial charge in [-0.15, -0.1) is 0 Å². The highest BCUT2D eigenvalue weighted by Crippen LogP contribution is 2.29. The first kappa shape index (κ1) is 11.0. The molecule has 0 saturated heterocycles. The molecule has 0 atom stereocenters. The molecule has 0 spiro atoms. The van der Waals surface area contributed by atoms with Crippen LogP contribution in [-0.2, 0) is 6.42 Å². The number of carbonyl (C=O) groups is 1. The number of hydrogen-bond acceptors (Lipinski definition) is 2. The number of amides is 1. The number of benzene rings is 1. The normalized spacial score (nSPS) is 13.5. The van der Waals surface area contributed by atoms with Gasteiger partial charge in [0.15, 0.2) is 0 Å². The van der Waals surface area contributed by atoms with Crippen LogP contribution in [0.4, 0.5) is 5.69 Å². The number of aryl methyl sites for hydroxylation is 1. The minimum absolute atomic E-state index is 0.0156. The standard InChI is InChI=1S/C15H14N2O/c1-11-5-6-14-12(10-11)7-9-17(14)15(18)13-4-2-3-8-16-13/h2-6,8,10H,7,9H2,1H3. The van der Waals surface area contributed by atoms with Crippen molar-refractivity contribution in [2.45, 2.75) is 13.3 Å². The molecule has 0 N–H and O–H groups in total. The lowest BCUT2D eigenvalue weighted by Crippen LogP contribution is -2.29. The van der Waals surface area contributed by atoms with Crippen LogP contribution in [0.3, 0.4) is 0 Å². The predicted molar refractivity (Wildman–Crippen MR) is 70.8 cm³/mol. The van der Waals surface area contributed by atoms with Crippen molar-refractivity contribution in [3.05, 3.63) is 59.4 Å². The fourth-order valence-electron chi connectivity index (χ4n) is 2.37. The highest BCUT2D eigenvalue weighted by Gasteiger charge is 2.25. The summed E-state index contributed by atoms with van der Waals surface area (Å²) in [5, 5.41) is 0. The Morgan fingerprint density at radius 1 is 1.28 bits per heavy atom. The van der Waals surface area contributed by atoms with E-state index >= 15 is 0 Å². The molecule has 1 aliphatic heterocycles. The average Bonchev–Trinajstić information content (AvgIpc) is 2.81. The molecule has 3 nitrogen and oxygen atoms in total. The van der Waals surface area contributed by atoms with E-state index in [0.717, 1.165) is 18.7 Å². The number of hydrogen-bond donors (Lipinski definition) is 0. The van der Waals surface area contributed by atoms with Crippen molar-refractivity contribution in [2.24, 2.45) is 0 Å². The van der Waals surface area contributed by atoms with Gasteiger partial charge in [-0.1, -0.05) is 23.8 Å². The van der Waals surface area contributed by atoms with E-state index in [2.05, 4.69) is 18.0 Å². The Morgan fingerprint density at radius 3 is 2.94 bits per heavy atom. The molecule has 0 fully saturated rings. The summed E-state index contributed by atoms with van der Waals surface area (Å²) in [6.07, 6.45) is 2.58. The fourth-order valence-corrected chi connectivity index (χ4v) is 2.37. The Kier molecular flexibility index (Phi) is 2.59. The predicted octanol–water partition coefficient (Wildman–Crippen LogP) is 2.59. The number of pyridine rings is 1. The highest BCUT2D eigenvalue weighted by atomic mass is 16.2. The lowest BCUT2D eigenvalue weighted by molar-refractivity contribution is 0.0984. The molecule has 90 valence electrons. The molecule has 18 heavy (non-hydrogen) atoms. The second-order valence-electron chi connectivity index (χ2n) is 4.55. The van der Waals surface area contributed by atoms with Gasteiger partial charge in [-0.2, -0.15) is 0 Å². The Hall–Kier alpha value is -2.16. The molecule has 1 aliphatic rings. The first-order chi connectivity index (χ1) is 8.75. The summed E-state index contributed by atoms with van der Waals surface area (Å²) >= 11 is 0. The number of aromatic nitrogens is 1. The van der Waals surface area contributed by atoms with E-state index in [1.807, 2.05) is 29.2 Å². The van der Waals surface area contributed by atoms with E-state index in [0.29, 0.717) is 5.69 Å². The van der Waals surface area contributed by atoms with E-state index < -0.39 is 0 Å². The van der Waals surface area contributed by atoms with Gasteiger partial charge in [0, 0.05) is 18.4 Å². The Balaban J connectivity index is 1.95. The third kappa shape index (κ3) is 1.78. The zero-order chi connectivity index (χ0) is 12.5. The highest BCUT2D eigenvalue weighted by molar-refractivity contribution is 6.06. The summed E-state index contributed by atoms with van der Waals surface area (Å²) in [4.78, 5) is 18.3. The Bertz CT molecular complexity index is 593. The minimum Gasteiger partial charge on any atom is -0.306 e. The van der Waals surface area contributed by atoms with Gasteiger partial charge in [0.25, 0.3) is 5.91 Å². The Labute approximate surface area is 106 Å². The van der Waals surface area contributed by atoms with Gasteiger partial charge < -0.3 is 4.90 Å². The molecular weight excluding hydrogens is 224 g/mol. The van der Waals surface area contributed by atoms with E-state index in [1.165, 1.54) is 11.1 Å². The third-order valence-electron chi connectivity index (χ3n) is 3.26. The van der Waals surface area contributed by atoms with Crippen molar-refractivity contribution in [1.82, 2.24) is 4.98 Å². The lowest BCUT2D eigenvalue weighted by atomic mass is 10.1. The average molecular weight is 238 g/mol. The third-order valence-corrected chi connectivity index (χ3v) is 3.26. The molecule has 2 heterocycles. The van der Waals surface area contributed by atoms with Crippen molar-refractivity contribution >= 4 is 11.6 Å². The quantitative estimate of drug-likeness (QED) is 0.765. The topological polar surface area (TPSA) is 33.2 Å². The van der Waals surface area contributed by atoms with E-state index in [9.17, 15) is 4.79 Å². The maximum atomic E-state index is 12.4. The smallest absolute Gasteiger partial charge is 0.276 e. The molecule has 1 amide bonds. The number of anilines is 1. The van der Waals surface area contributed by atoms with E-state index in [-0.39, 0.29) is 5.91 Å². The van der Waals surface area contributed by atoms with Crippen LogP contribution in [0.2, 0.25) is 0 Å². The molecule has 0 saturated carbocycles. The largest absolute Gasteiger partial charge is 0.306 e. The molecule has 0 bridgehead atoms. The first-order valence-corrected chi connectivity index (χ1v) is 6.08. The van der Waals surface area contributed by atoms with Crippen LogP contribution in [0.1, 0.15) is 21.6 Å². The van der Waals surface area contributed by atoms with Gasteiger partial charge in [0.05, 0.1) is 0 Å². The fraction of sp³-hybridized carbons (Fsp3) is 0.200. The van der Waals surface area contributed by atoms with Crippen molar-refractivity contribution in [3.63, 3.8) is 0 Å². The number of nitrogens with zero attached hydrogens (tertiary/aromatic N) is 2. The van der Waals surface area contributed by atoms with Crippen LogP contribution in [-0.4, -0.2) is 17.4 Å². The van der Waals surface area contributed by atoms with Crippen LogP contribution in [0, 0.1) is 6.92 Å². The van der Waals surface area contributed by atoms with Crippen LogP contribution in [0.5, 0.6) is 0 Å². The lowest BCUT2D eigenvalue weighted by Gasteiger charge is -2.16. The van der Waals surface area contributed by atoms with Crippen molar-refractivity contribution in [3.8, 4) is 0 Å². The summed E-state index contributed by atoms with van der Waals surface area (Å²) in [5.41, 5.74) is 4.02. The molecular formula is C15H14N2O. The van der Waals surface area contributed by atoms with E-state index in [1.54, 1.807) is 12.3 Å². The molecule has 3 rings (SSSR count). The maximum Gasteiger partial charge on any atom is 0.276 e. The van der Waals surface area contributed by atoms with Gasteiger partial charge in [-0.25, -0.2) is 0 Å². The summed E-state index contributed by atoms with van der Waals surface area (Å²) in [5.74, 6) is -0.0156. The number of carbonyl (C=O) groups excluding carboxylic acids is 1. The van der Waals surface area contributed by atoms with Crippen LogP contribution in [0.15, 0.2) is 42.6 Å². The molecule has 1 aromatic heterocycles. The summed E-state index contributed by atoms with van der Waals surface area (Å²) in [6, 6.07) is 11.6.